The fourth-order valence-corrected chi connectivity index (χ4v) is 2.37. The molecule has 6 nitrogen and oxygen atoms in total. The predicted octanol–water partition coefficient (Wildman–Crippen LogP) is 3.64. The van der Waals surface area contributed by atoms with Gasteiger partial charge in [-0.15, -0.1) is 0 Å². The molecule has 2 aromatic rings. The number of nitrogens with zero attached hydrogens (tertiary/aromatic N) is 2. The van der Waals surface area contributed by atoms with Crippen molar-refractivity contribution in [1.82, 2.24) is 10.9 Å². The molecule has 0 unspecified atom stereocenters. The van der Waals surface area contributed by atoms with E-state index in [1.54, 1.807) is 19.1 Å². The number of rotatable bonds is 9. The Bertz CT molecular complexity index is 814. The molecule has 2 aromatic carbocycles. The maximum atomic E-state index is 12.1. The van der Waals surface area contributed by atoms with Crippen LogP contribution in [0.5, 0.6) is 0 Å². The molecule has 0 fully saturated rings. The fraction of sp³-hybridized carbons (Fsp3) is 0.130. The van der Waals surface area contributed by atoms with E-state index in [0.717, 1.165) is 11.1 Å². The number of hydrogen-bond acceptors (Lipinski definition) is 4. The molecule has 2 N–H and O–H groups in total. The molecule has 0 aliphatic rings. The van der Waals surface area contributed by atoms with Gasteiger partial charge >= 0.3 is 0 Å². The van der Waals surface area contributed by atoms with Crippen molar-refractivity contribution < 1.29 is 9.59 Å². The van der Waals surface area contributed by atoms with Crippen molar-refractivity contribution in [1.29, 1.82) is 0 Å². The van der Waals surface area contributed by atoms with Crippen molar-refractivity contribution in [3.05, 3.63) is 83.9 Å². The molecule has 148 valence electrons. The second-order valence-electron chi connectivity index (χ2n) is 6.01. The number of amides is 2. The van der Waals surface area contributed by atoms with E-state index < -0.39 is 17.7 Å². The van der Waals surface area contributed by atoms with E-state index in [1.165, 1.54) is 12.4 Å². The van der Waals surface area contributed by atoms with E-state index in [0.29, 0.717) is 6.42 Å². The molecule has 0 aliphatic carbocycles. The van der Waals surface area contributed by atoms with Crippen LogP contribution in [0.1, 0.15) is 24.5 Å². The van der Waals surface area contributed by atoms with Crippen molar-refractivity contribution in [2.75, 3.05) is 0 Å². The molecule has 0 radical (unpaired) electrons. The Labute approximate surface area is 170 Å². The zero-order valence-electron chi connectivity index (χ0n) is 16.2. The molecule has 29 heavy (non-hydrogen) atoms. The van der Waals surface area contributed by atoms with E-state index >= 15 is 0 Å². The molecule has 0 atom stereocenters. The lowest BCUT2D eigenvalue weighted by Crippen LogP contribution is -2.37. The van der Waals surface area contributed by atoms with Crippen LogP contribution >= 0.6 is 0 Å². The van der Waals surface area contributed by atoms with Crippen molar-refractivity contribution >= 4 is 36.4 Å². The van der Waals surface area contributed by atoms with Crippen molar-refractivity contribution in [3.8, 4) is 0 Å². The van der Waals surface area contributed by atoms with Gasteiger partial charge in [-0.05, 0) is 29.7 Å². The topological polar surface area (TPSA) is 82.9 Å². The monoisotopic (exact) mass is 388 g/mol. The summed E-state index contributed by atoms with van der Waals surface area (Å²) in [5.74, 6) is -1.84. The molecular weight excluding hydrogens is 364 g/mol. The van der Waals surface area contributed by atoms with Crippen LogP contribution in [-0.4, -0.2) is 24.2 Å². The van der Waals surface area contributed by atoms with Crippen LogP contribution in [0.2, 0.25) is 0 Å². The maximum Gasteiger partial charge on any atom is 0.252 e. The van der Waals surface area contributed by atoms with Gasteiger partial charge < -0.3 is 0 Å². The number of nitrogens with one attached hydrogen (secondary N) is 2. The highest BCUT2D eigenvalue weighted by atomic mass is 16.2. The Morgan fingerprint density at radius 2 is 1.21 bits per heavy atom. The van der Waals surface area contributed by atoms with Crippen LogP contribution in [0, 0.1) is 5.92 Å². The largest absolute Gasteiger partial charge is 0.272 e. The lowest BCUT2D eigenvalue weighted by Gasteiger charge is -2.10. The highest BCUT2D eigenvalue weighted by Crippen LogP contribution is 2.03. The Kier molecular flexibility index (Phi) is 9.31. The van der Waals surface area contributed by atoms with Gasteiger partial charge in [-0.2, -0.15) is 10.2 Å². The number of carbonyl (C=O) groups excluding carboxylic acids is 2. The Morgan fingerprint density at radius 1 is 0.793 bits per heavy atom. The maximum absolute atomic E-state index is 12.1. The summed E-state index contributed by atoms with van der Waals surface area (Å²) >= 11 is 0. The van der Waals surface area contributed by atoms with Crippen LogP contribution in [0.3, 0.4) is 0 Å². The van der Waals surface area contributed by atoms with Crippen molar-refractivity contribution in [3.63, 3.8) is 0 Å². The SMILES string of the molecule is CCC(C(=O)NN=CC=Cc1ccccc1)C(=O)NN=CC=Cc1ccccc1. The van der Waals surface area contributed by atoms with Crippen molar-refractivity contribution in [2.45, 2.75) is 13.3 Å². The van der Waals surface area contributed by atoms with E-state index in [9.17, 15) is 9.59 Å². The minimum absolute atomic E-state index is 0.336. The summed E-state index contributed by atoms with van der Waals surface area (Å²) in [6.45, 7) is 1.75. The smallest absolute Gasteiger partial charge is 0.252 e. The standard InChI is InChI=1S/C23H24N4O2/c1-2-21(22(28)26-24-17-9-15-19-11-5-3-6-12-19)23(29)27-25-18-10-16-20-13-7-4-8-14-20/h3-18,21H,2H2,1H3,(H,26,28)(H,27,29). The molecule has 0 bridgehead atoms. The second-order valence-corrected chi connectivity index (χ2v) is 6.01. The second kappa shape index (κ2) is 12.6. The molecule has 2 rings (SSSR count). The molecule has 0 aliphatic heterocycles. The summed E-state index contributed by atoms with van der Waals surface area (Å²) in [5.41, 5.74) is 6.80. The molecule has 0 spiro atoms. The molecule has 0 saturated carbocycles. The van der Waals surface area contributed by atoms with Crippen LogP contribution in [0.15, 0.2) is 83.0 Å². The summed E-state index contributed by atoms with van der Waals surface area (Å²) in [4.78, 5) is 24.3. The molecule has 0 saturated heterocycles. The third-order valence-electron chi connectivity index (χ3n) is 3.89. The van der Waals surface area contributed by atoms with Crippen LogP contribution < -0.4 is 10.9 Å². The average Bonchev–Trinajstić information content (AvgIpc) is 2.75. The Hall–Kier alpha value is -3.80. The van der Waals surface area contributed by atoms with Gasteiger partial charge in [-0.3, -0.25) is 9.59 Å². The summed E-state index contributed by atoms with van der Waals surface area (Å²) in [5, 5.41) is 7.68. The highest BCUT2D eigenvalue weighted by Gasteiger charge is 2.24. The third-order valence-corrected chi connectivity index (χ3v) is 3.89. The van der Waals surface area contributed by atoms with Gasteiger partial charge in [-0.25, -0.2) is 10.9 Å². The molecule has 2 amide bonds. The van der Waals surface area contributed by atoms with Crippen LogP contribution in [-0.2, 0) is 9.59 Å². The Balaban J connectivity index is 1.77. The predicted molar refractivity (Wildman–Crippen MR) is 118 cm³/mol. The quantitative estimate of drug-likeness (QED) is 0.390. The summed E-state index contributed by atoms with van der Waals surface area (Å²) in [6, 6.07) is 19.4. The highest BCUT2D eigenvalue weighted by molar-refractivity contribution is 6.00. The van der Waals surface area contributed by atoms with Gasteiger partial charge in [0.25, 0.3) is 11.8 Å². The van der Waals surface area contributed by atoms with Crippen molar-refractivity contribution in [2.24, 2.45) is 16.1 Å². The number of hydrogen-bond donors (Lipinski definition) is 2. The van der Waals surface area contributed by atoms with Gasteiger partial charge in [0.05, 0.1) is 0 Å². The summed E-state index contributed by atoms with van der Waals surface area (Å²) in [7, 11) is 0. The first-order chi connectivity index (χ1) is 14.2. The number of carbonyl (C=O) groups is 2. The molecule has 0 heterocycles. The van der Waals surface area contributed by atoms with Gasteiger partial charge in [0.2, 0.25) is 0 Å². The van der Waals surface area contributed by atoms with E-state index in [2.05, 4.69) is 21.1 Å². The minimum atomic E-state index is -0.875. The van der Waals surface area contributed by atoms with Crippen LogP contribution in [0.25, 0.3) is 12.2 Å². The zero-order valence-corrected chi connectivity index (χ0v) is 16.2. The van der Waals surface area contributed by atoms with Gasteiger partial charge in [0.1, 0.15) is 5.92 Å². The van der Waals surface area contributed by atoms with Gasteiger partial charge in [-0.1, -0.05) is 79.7 Å². The summed E-state index contributed by atoms with van der Waals surface area (Å²) < 4.78 is 0. The first-order valence-corrected chi connectivity index (χ1v) is 9.30. The minimum Gasteiger partial charge on any atom is -0.272 e. The van der Waals surface area contributed by atoms with Gasteiger partial charge in [0, 0.05) is 12.4 Å². The zero-order chi connectivity index (χ0) is 20.7. The van der Waals surface area contributed by atoms with Crippen LogP contribution in [0.4, 0.5) is 0 Å². The van der Waals surface area contributed by atoms with E-state index in [1.807, 2.05) is 72.8 Å². The Morgan fingerprint density at radius 3 is 1.59 bits per heavy atom. The molecule has 0 aromatic heterocycles. The first kappa shape index (κ1) is 21.5. The van der Waals surface area contributed by atoms with E-state index in [4.69, 9.17) is 0 Å². The van der Waals surface area contributed by atoms with E-state index in [-0.39, 0.29) is 0 Å². The molecular formula is C23H24N4O2. The lowest BCUT2D eigenvalue weighted by molar-refractivity contribution is -0.135. The molecule has 6 heteroatoms. The van der Waals surface area contributed by atoms with Gasteiger partial charge in [0.15, 0.2) is 0 Å². The summed E-state index contributed by atoms with van der Waals surface area (Å²) in [6.07, 6.45) is 10.4. The normalized spacial score (nSPS) is 12.7. The average molecular weight is 388 g/mol. The number of benzene rings is 2. The third kappa shape index (κ3) is 8.17. The first-order valence-electron chi connectivity index (χ1n) is 9.30. The lowest BCUT2D eigenvalue weighted by atomic mass is 10.1. The number of allylic oxidation sites excluding steroid dienone is 2. The fourth-order valence-electron chi connectivity index (χ4n) is 2.37. The number of hydrazone groups is 2.